The Kier molecular flexibility index (Phi) is 4.78. The van der Waals surface area contributed by atoms with Crippen LogP contribution in [0.3, 0.4) is 0 Å². The molecule has 76 valence electrons. The summed E-state index contributed by atoms with van der Waals surface area (Å²) < 4.78 is 9.79. The summed E-state index contributed by atoms with van der Waals surface area (Å²) in [5.74, 6) is -0.283. The van der Waals surface area contributed by atoms with Crippen molar-refractivity contribution in [2.24, 2.45) is 0 Å². The Labute approximate surface area is 78.6 Å². The summed E-state index contributed by atoms with van der Waals surface area (Å²) in [6, 6.07) is 0.700. The summed E-state index contributed by atoms with van der Waals surface area (Å²) >= 11 is 0. The molecule has 0 amide bonds. The van der Waals surface area contributed by atoms with Gasteiger partial charge in [0.05, 0.1) is 13.2 Å². The number of nitrogens with one attached hydrogen (secondary N) is 1. The van der Waals surface area contributed by atoms with Gasteiger partial charge >= 0.3 is 5.97 Å². The first-order valence-corrected chi connectivity index (χ1v) is 4.79. The Morgan fingerprint density at radius 3 is 2.92 bits per heavy atom. The molecule has 0 aromatic carbocycles. The van der Waals surface area contributed by atoms with E-state index in [1.807, 2.05) is 0 Å². The lowest BCUT2D eigenvalue weighted by Gasteiger charge is -2.04. The fraction of sp³-hybridized carbons (Fsp3) is 0.889. The van der Waals surface area contributed by atoms with Gasteiger partial charge in [-0.15, -0.1) is 0 Å². The predicted molar refractivity (Wildman–Crippen MR) is 48.5 cm³/mol. The highest BCUT2D eigenvalue weighted by molar-refractivity contribution is 5.70. The SMILES string of the molecule is CCOC(=O)COCCNC1CC1. The monoisotopic (exact) mass is 187 g/mol. The van der Waals surface area contributed by atoms with Crippen molar-refractivity contribution >= 4 is 5.97 Å². The van der Waals surface area contributed by atoms with Crippen LogP contribution < -0.4 is 5.32 Å². The average molecular weight is 187 g/mol. The number of carbonyl (C=O) groups excluding carboxylic acids is 1. The third-order valence-corrected chi connectivity index (χ3v) is 1.78. The van der Waals surface area contributed by atoms with Gasteiger partial charge < -0.3 is 14.8 Å². The summed E-state index contributed by atoms with van der Waals surface area (Å²) in [6.45, 7) is 3.68. The van der Waals surface area contributed by atoms with E-state index in [1.165, 1.54) is 12.8 Å². The molecule has 1 N–H and O–H groups in total. The van der Waals surface area contributed by atoms with E-state index >= 15 is 0 Å². The van der Waals surface area contributed by atoms with Crippen molar-refractivity contribution in [3.05, 3.63) is 0 Å². The maximum Gasteiger partial charge on any atom is 0.332 e. The number of ether oxygens (including phenoxy) is 2. The van der Waals surface area contributed by atoms with Gasteiger partial charge in [-0.1, -0.05) is 0 Å². The standard InChI is InChI=1S/C9H17NO3/c1-2-13-9(11)7-12-6-5-10-8-3-4-8/h8,10H,2-7H2,1H3. The van der Waals surface area contributed by atoms with Crippen LogP contribution in [0.25, 0.3) is 0 Å². The Bertz CT molecular complexity index is 157. The van der Waals surface area contributed by atoms with Gasteiger partial charge in [-0.05, 0) is 19.8 Å². The lowest BCUT2D eigenvalue weighted by Crippen LogP contribution is -2.23. The Balaban J connectivity index is 1.79. The Hall–Kier alpha value is -0.610. The second-order valence-electron chi connectivity index (χ2n) is 3.09. The quantitative estimate of drug-likeness (QED) is 0.460. The smallest absolute Gasteiger partial charge is 0.332 e. The van der Waals surface area contributed by atoms with Crippen molar-refractivity contribution in [2.45, 2.75) is 25.8 Å². The number of carbonyl (C=O) groups is 1. The molecule has 0 unspecified atom stereocenters. The van der Waals surface area contributed by atoms with Gasteiger partial charge in [-0.2, -0.15) is 0 Å². The van der Waals surface area contributed by atoms with Crippen LogP contribution in [0.4, 0.5) is 0 Å². The molecule has 0 bridgehead atoms. The van der Waals surface area contributed by atoms with E-state index in [0.29, 0.717) is 19.3 Å². The summed E-state index contributed by atoms with van der Waals surface area (Å²) in [5.41, 5.74) is 0. The van der Waals surface area contributed by atoms with E-state index in [9.17, 15) is 4.79 Å². The Morgan fingerprint density at radius 2 is 2.31 bits per heavy atom. The van der Waals surface area contributed by atoms with Crippen LogP contribution >= 0.6 is 0 Å². The van der Waals surface area contributed by atoms with Gasteiger partial charge in [0, 0.05) is 12.6 Å². The van der Waals surface area contributed by atoms with Crippen LogP contribution in [0.15, 0.2) is 0 Å². The summed E-state index contributed by atoms with van der Waals surface area (Å²) in [6.07, 6.45) is 2.55. The first-order chi connectivity index (χ1) is 6.33. The van der Waals surface area contributed by atoms with Crippen LogP contribution in [0, 0.1) is 0 Å². The molecule has 0 spiro atoms. The van der Waals surface area contributed by atoms with Crippen molar-refractivity contribution in [3.8, 4) is 0 Å². The van der Waals surface area contributed by atoms with Crippen LogP contribution in [0.2, 0.25) is 0 Å². The van der Waals surface area contributed by atoms with Crippen molar-refractivity contribution in [1.29, 1.82) is 0 Å². The molecule has 13 heavy (non-hydrogen) atoms. The molecular formula is C9H17NO3. The third kappa shape index (κ3) is 5.60. The summed E-state index contributed by atoms with van der Waals surface area (Å²) in [4.78, 5) is 10.8. The van der Waals surface area contributed by atoms with E-state index < -0.39 is 0 Å². The minimum Gasteiger partial charge on any atom is -0.464 e. The molecule has 0 aliphatic heterocycles. The highest BCUT2D eigenvalue weighted by Crippen LogP contribution is 2.17. The molecule has 4 nitrogen and oxygen atoms in total. The first-order valence-electron chi connectivity index (χ1n) is 4.79. The van der Waals surface area contributed by atoms with Crippen LogP contribution in [-0.2, 0) is 14.3 Å². The summed E-state index contributed by atoms with van der Waals surface area (Å²) in [7, 11) is 0. The fourth-order valence-electron chi connectivity index (χ4n) is 0.981. The van der Waals surface area contributed by atoms with Crippen LogP contribution in [0.5, 0.6) is 0 Å². The minimum atomic E-state index is -0.283. The average Bonchev–Trinajstić information content (AvgIpc) is 2.88. The molecule has 0 atom stereocenters. The largest absolute Gasteiger partial charge is 0.464 e. The third-order valence-electron chi connectivity index (χ3n) is 1.78. The number of hydrogen-bond donors (Lipinski definition) is 1. The second-order valence-corrected chi connectivity index (χ2v) is 3.09. The molecule has 1 rings (SSSR count). The maximum atomic E-state index is 10.8. The molecule has 4 heteroatoms. The zero-order valence-electron chi connectivity index (χ0n) is 8.04. The van der Waals surface area contributed by atoms with Gasteiger partial charge in [0.25, 0.3) is 0 Å². The second kappa shape index (κ2) is 5.94. The van der Waals surface area contributed by atoms with Gasteiger partial charge in [0.2, 0.25) is 0 Å². The molecule has 0 radical (unpaired) electrons. The van der Waals surface area contributed by atoms with Crippen molar-refractivity contribution < 1.29 is 14.3 Å². The molecular weight excluding hydrogens is 170 g/mol. The highest BCUT2D eigenvalue weighted by Gasteiger charge is 2.19. The van der Waals surface area contributed by atoms with Gasteiger partial charge in [0.15, 0.2) is 0 Å². The van der Waals surface area contributed by atoms with E-state index in [-0.39, 0.29) is 12.6 Å². The Morgan fingerprint density at radius 1 is 1.54 bits per heavy atom. The van der Waals surface area contributed by atoms with Gasteiger partial charge in [0.1, 0.15) is 6.61 Å². The molecule has 1 aliphatic rings. The molecule has 1 saturated carbocycles. The van der Waals surface area contributed by atoms with E-state index in [4.69, 9.17) is 9.47 Å². The van der Waals surface area contributed by atoms with Gasteiger partial charge in [-0.25, -0.2) is 4.79 Å². The van der Waals surface area contributed by atoms with Crippen molar-refractivity contribution in [3.63, 3.8) is 0 Å². The van der Waals surface area contributed by atoms with Crippen LogP contribution in [-0.4, -0.2) is 38.4 Å². The first kappa shape index (κ1) is 10.5. The number of rotatable bonds is 7. The van der Waals surface area contributed by atoms with E-state index in [0.717, 1.165) is 6.54 Å². The summed E-state index contributed by atoms with van der Waals surface area (Å²) in [5, 5.41) is 3.29. The number of hydrogen-bond acceptors (Lipinski definition) is 4. The normalized spacial score (nSPS) is 15.8. The van der Waals surface area contributed by atoms with Crippen molar-refractivity contribution in [2.75, 3.05) is 26.4 Å². The zero-order valence-corrected chi connectivity index (χ0v) is 8.04. The molecule has 0 aromatic heterocycles. The molecule has 0 aromatic rings. The zero-order chi connectivity index (χ0) is 9.52. The fourth-order valence-corrected chi connectivity index (χ4v) is 0.981. The molecule has 0 heterocycles. The topological polar surface area (TPSA) is 47.6 Å². The molecule has 1 aliphatic carbocycles. The minimum absolute atomic E-state index is 0.0696. The van der Waals surface area contributed by atoms with Gasteiger partial charge in [-0.3, -0.25) is 0 Å². The van der Waals surface area contributed by atoms with Crippen LogP contribution in [0.1, 0.15) is 19.8 Å². The molecule has 1 fully saturated rings. The van der Waals surface area contributed by atoms with E-state index in [1.54, 1.807) is 6.92 Å². The highest BCUT2D eigenvalue weighted by atomic mass is 16.6. The maximum absolute atomic E-state index is 10.8. The van der Waals surface area contributed by atoms with Crippen molar-refractivity contribution in [1.82, 2.24) is 5.32 Å². The lowest BCUT2D eigenvalue weighted by atomic mass is 10.6. The molecule has 0 saturated heterocycles. The van der Waals surface area contributed by atoms with E-state index in [2.05, 4.69) is 5.32 Å². The lowest BCUT2D eigenvalue weighted by molar-refractivity contribution is -0.148. The number of esters is 1. The predicted octanol–water partition coefficient (Wildman–Crippen LogP) is 0.318.